The van der Waals surface area contributed by atoms with E-state index in [-0.39, 0.29) is 24.2 Å². The molecule has 0 saturated carbocycles. The summed E-state index contributed by atoms with van der Waals surface area (Å²) in [5, 5.41) is 0. The predicted molar refractivity (Wildman–Crippen MR) is 92.4 cm³/mol. The lowest BCUT2D eigenvalue weighted by molar-refractivity contribution is -0.137. The van der Waals surface area contributed by atoms with E-state index in [4.69, 9.17) is 0 Å². The van der Waals surface area contributed by atoms with E-state index in [9.17, 15) is 22.8 Å². The summed E-state index contributed by atoms with van der Waals surface area (Å²) in [7, 11) is 0. The zero-order valence-electron chi connectivity index (χ0n) is 14.2. The number of aryl methyl sites for hydroxylation is 2. The maximum Gasteiger partial charge on any atom is 0.417 e. The summed E-state index contributed by atoms with van der Waals surface area (Å²) in [6.07, 6.45) is -0.725. The summed E-state index contributed by atoms with van der Waals surface area (Å²) in [6.45, 7) is 0. The van der Waals surface area contributed by atoms with Crippen LogP contribution in [-0.4, -0.2) is 11.6 Å². The molecule has 136 valence electrons. The molecule has 26 heavy (non-hydrogen) atoms. The number of carbonyl (C=O) groups excluding carboxylic acids is 2. The Morgan fingerprint density at radius 3 is 2.23 bits per heavy atom. The molecule has 0 unspecified atom stereocenters. The molecule has 5 heteroatoms. The highest BCUT2D eigenvalue weighted by Crippen LogP contribution is 2.32. The van der Waals surface area contributed by atoms with E-state index in [0.717, 1.165) is 43.4 Å². The molecular formula is C21H19F3O2. The van der Waals surface area contributed by atoms with Crippen LogP contribution in [0.4, 0.5) is 13.2 Å². The number of benzene rings is 2. The fourth-order valence-corrected chi connectivity index (χ4v) is 3.39. The van der Waals surface area contributed by atoms with Gasteiger partial charge in [-0.25, -0.2) is 0 Å². The molecule has 0 aliphatic heterocycles. The zero-order chi connectivity index (χ0) is 18.7. The maximum absolute atomic E-state index is 13.0. The quantitative estimate of drug-likeness (QED) is 0.666. The van der Waals surface area contributed by atoms with Crippen molar-refractivity contribution in [3.63, 3.8) is 0 Å². The Hall–Kier alpha value is -2.43. The molecule has 0 bridgehead atoms. The van der Waals surface area contributed by atoms with Gasteiger partial charge in [0.25, 0.3) is 0 Å². The lowest BCUT2D eigenvalue weighted by atomic mass is 9.89. The van der Waals surface area contributed by atoms with Crippen molar-refractivity contribution < 1.29 is 22.8 Å². The zero-order valence-corrected chi connectivity index (χ0v) is 14.2. The first-order valence-corrected chi connectivity index (χ1v) is 8.70. The van der Waals surface area contributed by atoms with Crippen molar-refractivity contribution in [1.82, 2.24) is 0 Å². The SMILES string of the molecule is O=C(CCC(=O)c1ccccc1C(F)(F)F)c1ccc2c(c1)CCCC2. The predicted octanol–water partition coefficient (Wildman–Crippen LogP) is 5.43. The standard InChI is InChI=1S/C21H19F3O2/c22-21(23,24)18-8-4-3-7-17(18)20(26)12-11-19(25)16-10-9-14-5-1-2-6-15(14)13-16/h3-4,7-10,13H,1-2,5-6,11-12H2. The maximum atomic E-state index is 13.0. The molecular weight excluding hydrogens is 341 g/mol. The summed E-state index contributed by atoms with van der Waals surface area (Å²) in [5.41, 5.74) is 1.62. The van der Waals surface area contributed by atoms with Crippen LogP contribution in [-0.2, 0) is 19.0 Å². The second kappa shape index (κ2) is 7.44. The van der Waals surface area contributed by atoms with Crippen molar-refractivity contribution in [2.45, 2.75) is 44.7 Å². The number of Topliss-reactive ketones (excluding diaryl/α,β-unsaturated/α-hetero) is 2. The van der Waals surface area contributed by atoms with Crippen molar-refractivity contribution in [3.05, 3.63) is 70.3 Å². The lowest BCUT2D eigenvalue weighted by Crippen LogP contribution is -2.14. The minimum atomic E-state index is -4.59. The number of hydrogen-bond acceptors (Lipinski definition) is 2. The molecule has 1 aliphatic carbocycles. The van der Waals surface area contributed by atoms with Crippen molar-refractivity contribution in [2.24, 2.45) is 0 Å². The van der Waals surface area contributed by atoms with Crippen molar-refractivity contribution in [3.8, 4) is 0 Å². The molecule has 3 rings (SSSR count). The van der Waals surface area contributed by atoms with Crippen molar-refractivity contribution >= 4 is 11.6 Å². The third-order valence-corrected chi connectivity index (χ3v) is 4.78. The Kier molecular flexibility index (Phi) is 5.25. The normalized spacial score (nSPS) is 14.0. The van der Waals surface area contributed by atoms with Gasteiger partial charge < -0.3 is 0 Å². The molecule has 0 radical (unpaired) electrons. The van der Waals surface area contributed by atoms with Crippen LogP contribution in [0.15, 0.2) is 42.5 Å². The van der Waals surface area contributed by atoms with Crippen LogP contribution in [0.25, 0.3) is 0 Å². The summed E-state index contributed by atoms with van der Waals surface area (Å²) in [5.74, 6) is -0.875. The monoisotopic (exact) mass is 360 g/mol. The molecule has 0 aromatic heterocycles. The van der Waals surface area contributed by atoms with E-state index in [1.807, 2.05) is 12.1 Å². The molecule has 0 N–H and O–H groups in total. The molecule has 2 aromatic rings. The molecule has 0 heterocycles. The lowest BCUT2D eigenvalue weighted by Gasteiger charge is -2.16. The molecule has 1 aliphatic rings. The van der Waals surface area contributed by atoms with E-state index in [1.54, 1.807) is 6.07 Å². The summed E-state index contributed by atoms with van der Waals surface area (Å²) >= 11 is 0. The molecule has 0 atom stereocenters. The van der Waals surface area contributed by atoms with Crippen LogP contribution in [0.1, 0.15) is 63.1 Å². The first kappa shape index (κ1) is 18.4. The number of halogens is 3. The fourth-order valence-electron chi connectivity index (χ4n) is 3.39. The highest BCUT2D eigenvalue weighted by atomic mass is 19.4. The Labute approximate surface area is 150 Å². The highest BCUT2D eigenvalue weighted by molar-refractivity contribution is 6.03. The van der Waals surface area contributed by atoms with Crippen LogP contribution in [0.3, 0.4) is 0 Å². The van der Waals surface area contributed by atoms with E-state index < -0.39 is 17.5 Å². The Morgan fingerprint density at radius 2 is 1.50 bits per heavy atom. The van der Waals surface area contributed by atoms with Gasteiger partial charge in [0.1, 0.15) is 0 Å². The van der Waals surface area contributed by atoms with Gasteiger partial charge in [0.15, 0.2) is 11.6 Å². The highest BCUT2D eigenvalue weighted by Gasteiger charge is 2.34. The molecule has 0 spiro atoms. The Balaban J connectivity index is 1.70. The molecule has 2 aromatic carbocycles. The number of ketones is 2. The number of alkyl halides is 3. The van der Waals surface area contributed by atoms with Gasteiger partial charge >= 0.3 is 6.18 Å². The molecule has 0 amide bonds. The largest absolute Gasteiger partial charge is 0.417 e. The third kappa shape index (κ3) is 4.03. The van der Waals surface area contributed by atoms with Crippen LogP contribution in [0.2, 0.25) is 0 Å². The number of fused-ring (bicyclic) bond motifs is 1. The topological polar surface area (TPSA) is 34.1 Å². The van der Waals surface area contributed by atoms with Gasteiger partial charge in [-0.3, -0.25) is 9.59 Å². The van der Waals surface area contributed by atoms with Gasteiger partial charge in [0, 0.05) is 24.0 Å². The van der Waals surface area contributed by atoms with Gasteiger partial charge in [-0.2, -0.15) is 13.2 Å². The van der Waals surface area contributed by atoms with Crippen LogP contribution < -0.4 is 0 Å². The smallest absolute Gasteiger partial charge is 0.294 e. The second-order valence-corrected chi connectivity index (χ2v) is 6.58. The Bertz CT molecular complexity index is 837. The van der Waals surface area contributed by atoms with Gasteiger partial charge in [-0.1, -0.05) is 30.3 Å². The van der Waals surface area contributed by atoms with Crippen molar-refractivity contribution in [2.75, 3.05) is 0 Å². The number of hydrogen-bond donors (Lipinski definition) is 0. The van der Waals surface area contributed by atoms with Crippen LogP contribution in [0, 0.1) is 0 Å². The van der Waals surface area contributed by atoms with Crippen molar-refractivity contribution in [1.29, 1.82) is 0 Å². The summed E-state index contributed by atoms with van der Waals surface area (Å²) in [6, 6.07) is 10.3. The average molecular weight is 360 g/mol. The van der Waals surface area contributed by atoms with E-state index in [0.29, 0.717) is 5.56 Å². The minimum Gasteiger partial charge on any atom is -0.294 e. The average Bonchev–Trinajstić information content (AvgIpc) is 2.64. The molecule has 2 nitrogen and oxygen atoms in total. The second-order valence-electron chi connectivity index (χ2n) is 6.58. The summed E-state index contributed by atoms with van der Waals surface area (Å²) in [4.78, 5) is 24.6. The fraction of sp³-hybridized carbons (Fsp3) is 0.333. The first-order chi connectivity index (χ1) is 12.4. The van der Waals surface area contributed by atoms with Gasteiger partial charge in [0.05, 0.1) is 5.56 Å². The Morgan fingerprint density at radius 1 is 0.846 bits per heavy atom. The van der Waals surface area contributed by atoms with Gasteiger partial charge in [-0.05, 0) is 48.9 Å². The van der Waals surface area contributed by atoms with E-state index >= 15 is 0 Å². The van der Waals surface area contributed by atoms with Crippen LogP contribution >= 0.6 is 0 Å². The third-order valence-electron chi connectivity index (χ3n) is 4.78. The summed E-state index contributed by atoms with van der Waals surface area (Å²) < 4.78 is 39.0. The van der Waals surface area contributed by atoms with Gasteiger partial charge in [-0.15, -0.1) is 0 Å². The van der Waals surface area contributed by atoms with Gasteiger partial charge in [0.2, 0.25) is 0 Å². The number of carbonyl (C=O) groups is 2. The van der Waals surface area contributed by atoms with E-state index in [1.165, 1.54) is 17.7 Å². The van der Waals surface area contributed by atoms with Crippen LogP contribution in [0.5, 0.6) is 0 Å². The first-order valence-electron chi connectivity index (χ1n) is 8.70. The number of rotatable bonds is 5. The van der Waals surface area contributed by atoms with E-state index in [2.05, 4.69) is 0 Å². The molecule has 0 saturated heterocycles. The minimum absolute atomic E-state index is 0.0934. The molecule has 0 fully saturated rings.